The van der Waals surface area contributed by atoms with Gasteiger partial charge in [0.1, 0.15) is 5.75 Å². The topological polar surface area (TPSA) is 45.5 Å². The van der Waals surface area contributed by atoms with Gasteiger partial charge in [0.2, 0.25) is 0 Å². The van der Waals surface area contributed by atoms with Crippen molar-refractivity contribution in [3.05, 3.63) is 62.0 Å². The highest BCUT2D eigenvalue weighted by atomic mass is 35.5. The first kappa shape index (κ1) is 16.0. The van der Waals surface area contributed by atoms with Gasteiger partial charge in [0.15, 0.2) is 0 Å². The molecule has 0 radical (unpaired) electrons. The number of hydrogen-bond donors (Lipinski definition) is 1. The zero-order valence-corrected chi connectivity index (χ0v) is 14.6. The molecular weight excluding hydrogens is 347 g/mol. The Kier molecular flexibility index (Phi) is 4.07. The van der Waals surface area contributed by atoms with Crippen LogP contribution in [-0.4, -0.2) is 27.7 Å². The van der Waals surface area contributed by atoms with Crippen LogP contribution in [0.3, 0.4) is 0 Å². The minimum atomic E-state index is 0.0925. The Hall–Kier alpha value is -1.49. The quantitative estimate of drug-likeness (QED) is 0.886. The Morgan fingerprint density at radius 1 is 1.17 bits per heavy atom. The summed E-state index contributed by atoms with van der Waals surface area (Å²) >= 11 is 12.1. The van der Waals surface area contributed by atoms with Crippen molar-refractivity contribution in [1.29, 1.82) is 0 Å². The third kappa shape index (κ3) is 2.83. The van der Waals surface area contributed by atoms with E-state index in [0.717, 1.165) is 37.3 Å². The van der Waals surface area contributed by atoms with E-state index in [0.29, 0.717) is 23.4 Å². The minimum Gasteiger partial charge on any atom is -0.506 e. The van der Waals surface area contributed by atoms with Crippen molar-refractivity contribution in [3.63, 3.8) is 0 Å². The SMILES string of the molecule is O=c1cccc2n1CC1CC2CN(Cc2cc(Cl)cc(Cl)c2O)C1. The third-order valence-electron chi connectivity index (χ3n) is 5.06. The van der Waals surface area contributed by atoms with Gasteiger partial charge in [-0.1, -0.05) is 29.3 Å². The van der Waals surface area contributed by atoms with Gasteiger partial charge in [0, 0.05) is 54.4 Å². The van der Waals surface area contributed by atoms with Crippen LogP contribution >= 0.6 is 23.2 Å². The van der Waals surface area contributed by atoms with Crippen LogP contribution in [0.15, 0.2) is 35.1 Å². The minimum absolute atomic E-state index is 0.0925. The Morgan fingerprint density at radius 2 is 2.00 bits per heavy atom. The molecule has 4 nitrogen and oxygen atoms in total. The molecule has 0 spiro atoms. The number of hydrogen-bond acceptors (Lipinski definition) is 3. The van der Waals surface area contributed by atoms with E-state index in [1.54, 1.807) is 18.2 Å². The first-order valence-electron chi connectivity index (χ1n) is 8.10. The lowest BCUT2D eigenvalue weighted by atomic mass is 9.83. The number of aromatic nitrogens is 1. The van der Waals surface area contributed by atoms with Gasteiger partial charge in [-0.15, -0.1) is 0 Å². The molecule has 24 heavy (non-hydrogen) atoms. The number of halogens is 2. The molecule has 2 aromatic rings. The van der Waals surface area contributed by atoms with E-state index >= 15 is 0 Å². The number of likely N-dealkylation sites (tertiary alicyclic amines) is 1. The molecule has 2 unspecified atom stereocenters. The molecule has 2 bridgehead atoms. The second-order valence-electron chi connectivity index (χ2n) is 6.79. The summed E-state index contributed by atoms with van der Waals surface area (Å²) in [6, 6.07) is 8.85. The summed E-state index contributed by atoms with van der Waals surface area (Å²) in [5.74, 6) is 0.907. The second-order valence-corrected chi connectivity index (χ2v) is 7.63. The fourth-order valence-corrected chi connectivity index (χ4v) is 4.64. The van der Waals surface area contributed by atoms with Gasteiger partial charge in [-0.3, -0.25) is 9.69 Å². The van der Waals surface area contributed by atoms with E-state index < -0.39 is 0 Å². The summed E-state index contributed by atoms with van der Waals surface area (Å²) in [5.41, 5.74) is 1.96. The van der Waals surface area contributed by atoms with E-state index in [1.807, 2.05) is 10.6 Å². The zero-order valence-electron chi connectivity index (χ0n) is 13.1. The number of phenolic OH excluding ortho intramolecular Hbond substituents is 1. The summed E-state index contributed by atoms with van der Waals surface area (Å²) in [7, 11) is 0. The predicted octanol–water partition coefficient (Wildman–Crippen LogP) is 3.48. The van der Waals surface area contributed by atoms with Gasteiger partial charge in [0.05, 0.1) is 5.02 Å². The van der Waals surface area contributed by atoms with Crippen molar-refractivity contribution in [1.82, 2.24) is 9.47 Å². The maximum absolute atomic E-state index is 12.1. The molecule has 4 rings (SSSR count). The summed E-state index contributed by atoms with van der Waals surface area (Å²) < 4.78 is 1.92. The molecule has 0 aliphatic carbocycles. The highest BCUT2D eigenvalue weighted by Crippen LogP contribution is 2.37. The van der Waals surface area contributed by atoms with Crippen molar-refractivity contribution in [3.8, 4) is 5.75 Å². The van der Waals surface area contributed by atoms with Gasteiger partial charge >= 0.3 is 0 Å². The number of aromatic hydroxyl groups is 1. The van der Waals surface area contributed by atoms with Gasteiger partial charge in [0.25, 0.3) is 5.56 Å². The number of nitrogens with zero attached hydrogens (tertiary/aromatic N) is 2. The van der Waals surface area contributed by atoms with Gasteiger partial charge < -0.3 is 9.67 Å². The number of pyridine rings is 1. The summed E-state index contributed by atoms with van der Waals surface area (Å²) in [6.07, 6.45) is 1.11. The molecule has 2 atom stereocenters. The molecule has 1 N–H and O–H groups in total. The summed E-state index contributed by atoms with van der Waals surface area (Å²) in [5, 5.41) is 11.0. The van der Waals surface area contributed by atoms with E-state index in [2.05, 4.69) is 11.0 Å². The number of rotatable bonds is 2. The van der Waals surface area contributed by atoms with Crippen LogP contribution in [0, 0.1) is 5.92 Å². The van der Waals surface area contributed by atoms with Crippen LogP contribution in [0.4, 0.5) is 0 Å². The van der Waals surface area contributed by atoms with Crippen molar-refractivity contribution >= 4 is 23.2 Å². The summed E-state index contributed by atoms with van der Waals surface area (Å²) in [4.78, 5) is 14.4. The molecule has 1 aromatic heterocycles. The fourth-order valence-electron chi connectivity index (χ4n) is 4.11. The Bertz CT molecular complexity index is 849. The highest BCUT2D eigenvalue weighted by Gasteiger charge is 2.34. The van der Waals surface area contributed by atoms with Crippen LogP contribution < -0.4 is 5.56 Å². The molecule has 1 saturated heterocycles. The third-order valence-corrected chi connectivity index (χ3v) is 5.56. The van der Waals surface area contributed by atoms with Gasteiger partial charge in [-0.05, 0) is 30.5 Å². The Labute approximate surface area is 150 Å². The van der Waals surface area contributed by atoms with Crippen LogP contribution in [0.5, 0.6) is 5.75 Å². The molecule has 3 heterocycles. The number of piperidine rings is 1. The molecule has 2 aliphatic heterocycles. The molecular formula is C18H18Cl2N2O2. The molecule has 126 valence electrons. The maximum atomic E-state index is 12.1. The van der Waals surface area contributed by atoms with E-state index in [1.165, 1.54) is 0 Å². The van der Waals surface area contributed by atoms with Crippen LogP contribution in [0.25, 0.3) is 0 Å². The number of fused-ring (bicyclic) bond motifs is 4. The molecule has 2 aliphatic rings. The standard InChI is InChI=1S/C18H18Cl2N2O2/c19-14-5-13(18(24)15(20)6-14)10-21-7-11-4-12(9-21)16-2-1-3-17(23)22(16)8-11/h1-3,5-6,11-12,24H,4,7-10H2. The Morgan fingerprint density at radius 3 is 2.83 bits per heavy atom. The predicted molar refractivity (Wildman–Crippen MR) is 95.0 cm³/mol. The van der Waals surface area contributed by atoms with Gasteiger partial charge in [-0.25, -0.2) is 0 Å². The molecule has 6 heteroatoms. The van der Waals surface area contributed by atoms with E-state index in [9.17, 15) is 9.90 Å². The first-order valence-corrected chi connectivity index (χ1v) is 8.86. The van der Waals surface area contributed by atoms with Crippen molar-refractivity contribution in [2.24, 2.45) is 5.92 Å². The molecule has 1 aromatic carbocycles. The fraction of sp³-hybridized carbons (Fsp3) is 0.389. The zero-order chi connectivity index (χ0) is 16.8. The molecule has 0 saturated carbocycles. The smallest absolute Gasteiger partial charge is 0.250 e. The van der Waals surface area contributed by atoms with E-state index in [-0.39, 0.29) is 16.3 Å². The molecule has 1 fully saturated rings. The second kappa shape index (κ2) is 6.10. The summed E-state index contributed by atoms with van der Waals surface area (Å²) in [6.45, 7) is 3.14. The lowest BCUT2D eigenvalue weighted by Crippen LogP contribution is -2.46. The van der Waals surface area contributed by atoms with Crippen LogP contribution in [-0.2, 0) is 13.1 Å². The lowest BCUT2D eigenvalue weighted by Gasteiger charge is -2.42. The van der Waals surface area contributed by atoms with Crippen LogP contribution in [0.1, 0.15) is 23.6 Å². The highest BCUT2D eigenvalue weighted by molar-refractivity contribution is 6.35. The normalized spacial score (nSPS) is 23.1. The average molecular weight is 365 g/mol. The lowest BCUT2D eigenvalue weighted by molar-refractivity contribution is 0.113. The number of benzene rings is 1. The first-order chi connectivity index (χ1) is 11.5. The maximum Gasteiger partial charge on any atom is 0.250 e. The molecule has 0 amide bonds. The Balaban J connectivity index is 1.60. The van der Waals surface area contributed by atoms with Crippen molar-refractivity contribution < 1.29 is 5.11 Å². The van der Waals surface area contributed by atoms with Crippen molar-refractivity contribution in [2.45, 2.75) is 25.4 Å². The van der Waals surface area contributed by atoms with E-state index in [4.69, 9.17) is 23.2 Å². The van der Waals surface area contributed by atoms with Crippen molar-refractivity contribution in [2.75, 3.05) is 13.1 Å². The van der Waals surface area contributed by atoms with Gasteiger partial charge in [-0.2, -0.15) is 0 Å². The largest absolute Gasteiger partial charge is 0.506 e. The monoisotopic (exact) mass is 364 g/mol. The number of phenols is 1. The average Bonchev–Trinajstić information content (AvgIpc) is 2.53. The van der Waals surface area contributed by atoms with Crippen LogP contribution in [0.2, 0.25) is 10.0 Å².